The van der Waals surface area contributed by atoms with Crippen LogP contribution in [0.5, 0.6) is 0 Å². The molecule has 0 fully saturated rings. The third kappa shape index (κ3) is 6.11. The number of rotatable bonds is 4. The van der Waals surface area contributed by atoms with Crippen LogP contribution in [0.2, 0.25) is 5.02 Å². The Morgan fingerprint density at radius 3 is 2.39 bits per heavy atom. The highest BCUT2D eigenvalue weighted by Gasteiger charge is 2.08. The normalized spacial score (nSPS) is 10.4. The Hall–Kier alpha value is -1.74. The standard InChI is InChI=1S/C14H15ClN2O.C5H12/c1-9-4-5-13(15)7-12(9)8-17-10(2)6-14(16-17)11(3)18;1-4-5(2)3/h4-7,18H,3,8H2,1-2H3;5H,4H2,1-3H3. The predicted octanol–water partition coefficient (Wildman–Crippen LogP) is 5.78. The molecule has 0 spiro atoms. The lowest BCUT2D eigenvalue weighted by Gasteiger charge is -2.08. The zero-order valence-electron chi connectivity index (χ0n) is 14.7. The Bertz CT molecular complexity index is 659. The van der Waals surface area contributed by atoms with Gasteiger partial charge in [-0.05, 0) is 49.1 Å². The van der Waals surface area contributed by atoms with Gasteiger partial charge in [0.1, 0.15) is 11.5 Å². The van der Waals surface area contributed by atoms with Crippen LogP contribution in [-0.4, -0.2) is 14.9 Å². The van der Waals surface area contributed by atoms with Crippen LogP contribution in [0.4, 0.5) is 0 Å². The van der Waals surface area contributed by atoms with Crippen LogP contribution in [0, 0.1) is 19.8 Å². The number of aliphatic hydroxyl groups excluding tert-OH is 1. The molecule has 0 amide bonds. The van der Waals surface area contributed by atoms with Crippen LogP contribution < -0.4 is 0 Å². The summed E-state index contributed by atoms with van der Waals surface area (Å²) in [4.78, 5) is 0. The lowest BCUT2D eigenvalue weighted by atomic mass is 10.1. The van der Waals surface area contributed by atoms with Crippen molar-refractivity contribution in [1.29, 1.82) is 0 Å². The number of aromatic nitrogens is 2. The molecule has 0 saturated heterocycles. The molecule has 0 aliphatic rings. The summed E-state index contributed by atoms with van der Waals surface area (Å²) in [5.41, 5.74) is 3.76. The highest BCUT2D eigenvalue weighted by atomic mass is 35.5. The highest BCUT2D eigenvalue weighted by Crippen LogP contribution is 2.18. The summed E-state index contributed by atoms with van der Waals surface area (Å²) in [6, 6.07) is 7.60. The maximum absolute atomic E-state index is 9.33. The number of hydrogen-bond donors (Lipinski definition) is 1. The molecule has 1 aromatic carbocycles. The minimum absolute atomic E-state index is 0.0142. The summed E-state index contributed by atoms with van der Waals surface area (Å²) in [5, 5.41) is 14.3. The van der Waals surface area contributed by atoms with Crippen molar-refractivity contribution in [3.63, 3.8) is 0 Å². The fourth-order valence-electron chi connectivity index (χ4n) is 1.78. The van der Waals surface area contributed by atoms with E-state index < -0.39 is 0 Å². The molecule has 4 heteroatoms. The van der Waals surface area contributed by atoms with Crippen LogP contribution in [0.15, 0.2) is 30.8 Å². The number of benzene rings is 1. The van der Waals surface area contributed by atoms with Crippen molar-refractivity contribution in [2.45, 2.75) is 47.6 Å². The molecule has 0 saturated carbocycles. The molecular weight excluding hydrogens is 308 g/mol. The van der Waals surface area contributed by atoms with E-state index in [2.05, 4.69) is 32.4 Å². The van der Waals surface area contributed by atoms with Crippen LogP contribution in [0.1, 0.15) is 49.7 Å². The summed E-state index contributed by atoms with van der Waals surface area (Å²) >= 11 is 5.99. The van der Waals surface area contributed by atoms with Gasteiger partial charge in [0.25, 0.3) is 0 Å². The average Bonchev–Trinajstić information content (AvgIpc) is 2.85. The zero-order chi connectivity index (χ0) is 17.6. The summed E-state index contributed by atoms with van der Waals surface area (Å²) in [5.74, 6) is 0.870. The minimum atomic E-state index is -0.0142. The molecule has 1 heterocycles. The quantitative estimate of drug-likeness (QED) is 0.719. The predicted molar refractivity (Wildman–Crippen MR) is 99.0 cm³/mol. The van der Waals surface area contributed by atoms with Gasteiger partial charge in [0.15, 0.2) is 0 Å². The van der Waals surface area contributed by atoms with Gasteiger partial charge in [-0.3, -0.25) is 4.68 Å². The first kappa shape index (κ1) is 19.3. The molecule has 0 atom stereocenters. The highest BCUT2D eigenvalue weighted by molar-refractivity contribution is 6.30. The Labute approximate surface area is 144 Å². The van der Waals surface area contributed by atoms with E-state index in [0.717, 1.165) is 17.2 Å². The largest absolute Gasteiger partial charge is 0.506 e. The van der Waals surface area contributed by atoms with Crippen molar-refractivity contribution in [3.05, 3.63) is 58.4 Å². The summed E-state index contributed by atoms with van der Waals surface area (Å²) in [6.07, 6.45) is 1.31. The molecule has 1 N–H and O–H groups in total. The van der Waals surface area contributed by atoms with Gasteiger partial charge in [-0.25, -0.2) is 0 Å². The Balaban J connectivity index is 0.000000463. The molecule has 0 bridgehead atoms. The summed E-state index contributed by atoms with van der Waals surface area (Å²) < 4.78 is 1.83. The zero-order valence-corrected chi connectivity index (χ0v) is 15.5. The molecule has 1 aromatic heterocycles. The smallest absolute Gasteiger partial charge is 0.135 e. The molecule has 2 rings (SSSR count). The van der Waals surface area contributed by atoms with Crippen molar-refractivity contribution < 1.29 is 5.11 Å². The van der Waals surface area contributed by atoms with Crippen LogP contribution in [-0.2, 0) is 6.54 Å². The van der Waals surface area contributed by atoms with Gasteiger partial charge in [-0.1, -0.05) is 51.4 Å². The van der Waals surface area contributed by atoms with E-state index in [9.17, 15) is 5.11 Å². The van der Waals surface area contributed by atoms with Crippen LogP contribution in [0.3, 0.4) is 0 Å². The first-order valence-electron chi connectivity index (χ1n) is 7.92. The molecular formula is C19H27ClN2O. The van der Waals surface area contributed by atoms with Crippen LogP contribution >= 0.6 is 11.6 Å². The monoisotopic (exact) mass is 334 g/mol. The van der Waals surface area contributed by atoms with E-state index in [1.54, 1.807) is 0 Å². The number of nitrogens with zero attached hydrogens (tertiary/aromatic N) is 2. The molecule has 23 heavy (non-hydrogen) atoms. The van der Waals surface area contributed by atoms with Crippen molar-refractivity contribution in [2.24, 2.45) is 5.92 Å². The van der Waals surface area contributed by atoms with Gasteiger partial charge in [0.05, 0.1) is 6.54 Å². The van der Waals surface area contributed by atoms with Gasteiger partial charge in [0.2, 0.25) is 0 Å². The minimum Gasteiger partial charge on any atom is -0.506 e. The van der Waals surface area contributed by atoms with E-state index in [4.69, 9.17) is 11.6 Å². The lowest BCUT2D eigenvalue weighted by Crippen LogP contribution is -2.05. The van der Waals surface area contributed by atoms with E-state index in [-0.39, 0.29) is 5.76 Å². The average molecular weight is 335 g/mol. The molecule has 0 aliphatic carbocycles. The number of aryl methyl sites for hydroxylation is 2. The Morgan fingerprint density at radius 1 is 1.30 bits per heavy atom. The summed E-state index contributed by atoms with van der Waals surface area (Å²) in [6.45, 7) is 14.7. The first-order valence-corrected chi connectivity index (χ1v) is 8.30. The SMILES string of the molecule is C=C(O)c1cc(C)n(Cc2cc(Cl)ccc2C)n1.CCC(C)C. The molecule has 0 unspecified atom stereocenters. The van der Waals surface area contributed by atoms with E-state index in [1.165, 1.54) is 12.0 Å². The van der Waals surface area contributed by atoms with E-state index in [0.29, 0.717) is 17.3 Å². The van der Waals surface area contributed by atoms with Crippen molar-refractivity contribution in [2.75, 3.05) is 0 Å². The summed E-state index contributed by atoms with van der Waals surface area (Å²) in [7, 11) is 0. The number of halogens is 1. The molecule has 0 aliphatic heterocycles. The van der Waals surface area contributed by atoms with E-state index in [1.807, 2.05) is 42.8 Å². The van der Waals surface area contributed by atoms with Crippen molar-refractivity contribution in [3.8, 4) is 0 Å². The van der Waals surface area contributed by atoms with Gasteiger partial charge in [-0.2, -0.15) is 5.10 Å². The molecule has 126 valence electrons. The molecule has 2 aromatic rings. The second-order valence-electron chi connectivity index (χ2n) is 6.15. The maximum Gasteiger partial charge on any atom is 0.135 e. The van der Waals surface area contributed by atoms with Gasteiger partial charge in [0, 0.05) is 10.7 Å². The topological polar surface area (TPSA) is 38.0 Å². The van der Waals surface area contributed by atoms with Gasteiger partial charge < -0.3 is 5.11 Å². The fraction of sp³-hybridized carbons (Fsp3) is 0.421. The third-order valence-electron chi connectivity index (χ3n) is 3.72. The Morgan fingerprint density at radius 2 is 1.91 bits per heavy atom. The fourth-order valence-corrected chi connectivity index (χ4v) is 1.98. The van der Waals surface area contributed by atoms with Crippen molar-refractivity contribution >= 4 is 17.4 Å². The number of hydrogen-bond acceptors (Lipinski definition) is 2. The molecule has 0 radical (unpaired) electrons. The van der Waals surface area contributed by atoms with Gasteiger partial charge >= 0.3 is 0 Å². The number of aliphatic hydroxyl groups is 1. The van der Waals surface area contributed by atoms with E-state index >= 15 is 0 Å². The third-order valence-corrected chi connectivity index (χ3v) is 3.96. The van der Waals surface area contributed by atoms with Crippen LogP contribution in [0.25, 0.3) is 5.76 Å². The second-order valence-corrected chi connectivity index (χ2v) is 6.58. The first-order chi connectivity index (χ1) is 10.7. The second kappa shape index (κ2) is 8.78. The van der Waals surface area contributed by atoms with Gasteiger partial charge in [-0.15, -0.1) is 0 Å². The van der Waals surface area contributed by atoms with Crippen molar-refractivity contribution in [1.82, 2.24) is 9.78 Å². The maximum atomic E-state index is 9.33. The lowest BCUT2D eigenvalue weighted by molar-refractivity contribution is 0.507. The Kier molecular flexibility index (Phi) is 7.37. The molecule has 3 nitrogen and oxygen atoms in total.